The second-order valence-corrected chi connectivity index (χ2v) is 4.89. The predicted molar refractivity (Wildman–Crippen MR) is 58.9 cm³/mol. The SMILES string of the molecule is C#CCOC(C)(C)c1ccc(S(C)=O)o1. The van der Waals surface area contributed by atoms with Crippen LogP contribution in [0.25, 0.3) is 0 Å². The number of terminal acetylenes is 1. The lowest BCUT2D eigenvalue weighted by Crippen LogP contribution is -2.21. The molecule has 0 fully saturated rings. The van der Waals surface area contributed by atoms with Gasteiger partial charge >= 0.3 is 0 Å². The van der Waals surface area contributed by atoms with E-state index in [0.29, 0.717) is 10.9 Å². The molecule has 1 aromatic rings. The molecule has 1 heterocycles. The zero-order valence-corrected chi connectivity index (χ0v) is 9.89. The van der Waals surface area contributed by atoms with Crippen LogP contribution in [-0.2, 0) is 21.1 Å². The van der Waals surface area contributed by atoms with Crippen molar-refractivity contribution in [2.24, 2.45) is 0 Å². The summed E-state index contributed by atoms with van der Waals surface area (Å²) >= 11 is 0. The van der Waals surface area contributed by atoms with Gasteiger partial charge in [0.2, 0.25) is 0 Å². The van der Waals surface area contributed by atoms with Gasteiger partial charge in [-0.25, -0.2) is 0 Å². The zero-order valence-electron chi connectivity index (χ0n) is 9.07. The molecule has 3 nitrogen and oxygen atoms in total. The fourth-order valence-corrected chi connectivity index (χ4v) is 1.56. The number of furan rings is 1. The minimum atomic E-state index is -1.11. The van der Waals surface area contributed by atoms with Gasteiger partial charge < -0.3 is 9.15 Å². The van der Waals surface area contributed by atoms with Gasteiger partial charge in [0.25, 0.3) is 0 Å². The average Bonchev–Trinajstić information content (AvgIpc) is 2.64. The van der Waals surface area contributed by atoms with Gasteiger partial charge in [-0.3, -0.25) is 4.21 Å². The van der Waals surface area contributed by atoms with Crippen LogP contribution in [0.5, 0.6) is 0 Å². The molecule has 82 valence electrons. The predicted octanol–water partition coefficient (Wildman–Crippen LogP) is 1.90. The highest BCUT2D eigenvalue weighted by atomic mass is 32.2. The van der Waals surface area contributed by atoms with Crippen molar-refractivity contribution < 1.29 is 13.4 Å². The third-order valence-corrected chi connectivity index (χ3v) is 2.76. The van der Waals surface area contributed by atoms with E-state index in [1.54, 1.807) is 18.4 Å². The maximum atomic E-state index is 11.1. The van der Waals surface area contributed by atoms with Gasteiger partial charge in [-0.15, -0.1) is 6.42 Å². The molecule has 1 unspecified atom stereocenters. The molecule has 0 bridgehead atoms. The lowest BCUT2D eigenvalue weighted by Gasteiger charge is -2.21. The van der Waals surface area contributed by atoms with Crippen LogP contribution < -0.4 is 0 Å². The van der Waals surface area contributed by atoms with Crippen LogP contribution >= 0.6 is 0 Å². The molecule has 1 rings (SSSR count). The minimum absolute atomic E-state index is 0.220. The van der Waals surface area contributed by atoms with E-state index >= 15 is 0 Å². The molecule has 0 aliphatic heterocycles. The Bertz CT molecular complexity index is 398. The molecule has 0 saturated carbocycles. The Kier molecular flexibility index (Phi) is 3.72. The third-order valence-electron chi connectivity index (χ3n) is 1.97. The number of hydrogen-bond donors (Lipinski definition) is 0. The fraction of sp³-hybridized carbons (Fsp3) is 0.455. The lowest BCUT2D eigenvalue weighted by atomic mass is 10.1. The van der Waals surface area contributed by atoms with Gasteiger partial charge in [0, 0.05) is 6.26 Å². The van der Waals surface area contributed by atoms with Gasteiger partial charge in [-0.05, 0) is 26.0 Å². The summed E-state index contributed by atoms with van der Waals surface area (Å²) in [5.41, 5.74) is -0.593. The Labute approximate surface area is 92.3 Å². The first-order valence-electron chi connectivity index (χ1n) is 4.48. The molecule has 0 spiro atoms. The highest BCUT2D eigenvalue weighted by Gasteiger charge is 2.25. The van der Waals surface area contributed by atoms with Crippen LogP contribution in [0.15, 0.2) is 21.6 Å². The zero-order chi connectivity index (χ0) is 11.5. The lowest BCUT2D eigenvalue weighted by molar-refractivity contribution is -0.0205. The molecule has 4 heteroatoms. The molecule has 0 aromatic carbocycles. The maximum Gasteiger partial charge on any atom is 0.190 e. The van der Waals surface area contributed by atoms with E-state index in [4.69, 9.17) is 15.6 Å². The van der Waals surface area contributed by atoms with Crippen molar-refractivity contribution >= 4 is 10.8 Å². The van der Waals surface area contributed by atoms with E-state index in [0.717, 1.165) is 0 Å². The molecule has 1 aromatic heterocycles. The summed E-state index contributed by atoms with van der Waals surface area (Å²) in [6.45, 7) is 3.93. The highest BCUT2D eigenvalue weighted by molar-refractivity contribution is 7.84. The summed E-state index contributed by atoms with van der Waals surface area (Å²) in [5, 5.41) is 0.447. The number of rotatable bonds is 4. The van der Waals surface area contributed by atoms with Crippen LogP contribution in [0, 0.1) is 12.3 Å². The topological polar surface area (TPSA) is 39.4 Å². The standard InChI is InChI=1S/C11H14O3S/c1-5-8-13-11(2,3)9-6-7-10(14-9)15(4)12/h1,6-7H,8H2,2-4H3. The first-order valence-corrected chi connectivity index (χ1v) is 6.04. The van der Waals surface area contributed by atoms with Crippen molar-refractivity contribution in [3.63, 3.8) is 0 Å². The van der Waals surface area contributed by atoms with Crippen LogP contribution in [0.2, 0.25) is 0 Å². The van der Waals surface area contributed by atoms with E-state index in [1.807, 2.05) is 13.8 Å². The van der Waals surface area contributed by atoms with Gasteiger partial charge in [-0.2, -0.15) is 0 Å². The van der Waals surface area contributed by atoms with E-state index < -0.39 is 16.4 Å². The fourth-order valence-electron chi connectivity index (χ4n) is 1.09. The normalized spacial score (nSPS) is 13.5. The summed E-state index contributed by atoms with van der Waals surface area (Å²) in [6.07, 6.45) is 6.68. The van der Waals surface area contributed by atoms with E-state index in [9.17, 15) is 4.21 Å². The van der Waals surface area contributed by atoms with Crippen molar-refractivity contribution in [2.75, 3.05) is 12.9 Å². The first kappa shape index (κ1) is 12.0. The maximum absolute atomic E-state index is 11.1. The summed E-state index contributed by atoms with van der Waals surface area (Å²) in [7, 11) is -1.11. The Balaban J connectivity index is 2.86. The smallest absolute Gasteiger partial charge is 0.190 e. The van der Waals surface area contributed by atoms with Crippen molar-refractivity contribution in [3.05, 3.63) is 17.9 Å². The Morgan fingerprint density at radius 2 is 2.27 bits per heavy atom. The average molecular weight is 226 g/mol. The van der Waals surface area contributed by atoms with Crippen LogP contribution in [0.1, 0.15) is 19.6 Å². The van der Waals surface area contributed by atoms with Crippen molar-refractivity contribution in [3.8, 4) is 12.3 Å². The van der Waals surface area contributed by atoms with Crippen LogP contribution in [0.3, 0.4) is 0 Å². The van der Waals surface area contributed by atoms with Gasteiger partial charge in [-0.1, -0.05) is 5.92 Å². The third kappa shape index (κ3) is 2.95. The monoisotopic (exact) mass is 226 g/mol. The van der Waals surface area contributed by atoms with Crippen LogP contribution in [-0.4, -0.2) is 17.1 Å². The molecular formula is C11H14O3S. The van der Waals surface area contributed by atoms with Crippen LogP contribution in [0.4, 0.5) is 0 Å². The van der Waals surface area contributed by atoms with Gasteiger partial charge in [0.1, 0.15) is 18.0 Å². The highest BCUT2D eigenvalue weighted by Crippen LogP contribution is 2.27. The van der Waals surface area contributed by atoms with Gasteiger partial charge in [0.15, 0.2) is 5.09 Å². The molecule has 0 N–H and O–H groups in total. The summed E-state index contributed by atoms with van der Waals surface area (Å²) in [5.74, 6) is 3.03. The second kappa shape index (κ2) is 4.65. The number of hydrogen-bond acceptors (Lipinski definition) is 3. The summed E-state index contributed by atoms with van der Waals surface area (Å²) < 4.78 is 22.0. The molecule has 0 amide bonds. The molecule has 0 saturated heterocycles. The van der Waals surface area contributed by atoms with Crippen molar-refractivity contribution in [2.45, 2.75) is 24.5 Å². The Morgan fingerprint density at radius 1 is 1.60 bits per heavy atom. The van der Waals surface area contributed by atoms with Gasteiger partial charge in [0.05, 0.1) is 10.8 Å². The number of ether oxygens (including phenoxy) is 1. The molecule has 0 radical (unpaired) electrons. The summed E-state index contributed by atoms with van der Waals surface area (Å²) in [6, 6.07) is 3.44. The molecule has 0 aliphatic carbocycles. The minimum Gasteiger partial charge on any atom is -0.449 e. The molecule has 1 atom stereocenters. The quantitative estimate of drug-likeness (QED) is 0.736. The van der Waals surface area contributed by atoms with E-state index in [2.05, 4.69) is 5.92 Å². The largest absolute Gasteiger partial charge is 0.449 e. The molecular weight excluding hydrogens is 212 g/mol. The van der Waals surface area contributed by atoms with Crippen molar-refractivity contribution in [1.29, 1.82) is 0 Å². The second-order valence-electron chi connectivity index (χ2n) is 3.58. The molecule has 0 aliphatic rings. The summed E-state index contributed by atoms with van der Waals surface area (Å²) in [4.78, 5) is 0. The Hall–Kier alpha value is -1.05. The van der Waals surface area contributed by atoms with E-state index in [1.165, 1.54) is 0 Å². The molecule has 15 heavy (non-hydrogen) atoms. The Morgan fingerprint density at radius 3 is 2.73 bits per heavy atom. The van der Waals surface area contributed by atoms with Crippen molar-refractivity contribution in [1.82, 2.24) is 0 Å². The first-order chi connectivity index (χ1) is 6.97. The van der Waals surface area contributed by atoms with E-state index in [-0.39, 0.29) is 6.61 Å².